The zero-order valence-corrected chi connectivity index (χ0v) is 7.66. The van der Waals surface area contributed by atoms with Gasteiger partial charge in [0.15, 0.2) is 0 Å². The minimum atomic E-state index is -0.725. The highest BCUT2D eigenvalue weighted by molar-refractivity contribution is 6.04. The molecule has 0 radical (unpaired) electrons. The zero-order chi connectivity index (χ0) is 9.84. The van der Waals surface area contributed by atoms with Crippen molar-refractivity contribution in [3.63, 3.8) is 0 Å². The van der Waals surface area contributed by atoms with Gasteiger partial charge >= 0.3 is 5.97 Å². The van der Waals surface area contributed by atoms with Crippen molar-refractivity contribution in [2.75, 3.05) is 6.61 Å². The zero-order valence-electron chi connectivity index (χ0n) is 7.66. The molecule has 72 valence electrons. The molecule has 1 rings (SSSR count). The molecule has 1 heterocycles. The number of hydrogen-bond donors (Lipinski definition) is 1. The van der Waals surface area contributed by atoms with Crippen LogP contribution in [0.4, 0.5) is 0 Å². The summed E-state index contributed by atoms with van der Waals surface area (Å²) < 4.78 is 4.75. The summed E-state index contributed by atoms with van der Waals surface area (Å²) >= 11 is 0. The first-order valence-corrected chi connectivity index (χ1v) is 4.14. The van der Waals surface area contributed by atoms with E-state index in [0.29, 0.717) is 13.0 Å². The van der Waals surface area contributed by atoms with Crippen molar-refractivity contribution in [1.82, 2.24) is 5.43 Å². The Labute approximate surface area is 76.1 Å². The predicted molar refractivity (Wildman–Crippen MR) is 46.0 cm³/mol. The van der Waals surface area contributed by atoms with Crippen LogP contribution in [-0.4, -0.2) is 24.2 Å². The highest BCUT2D eigenvalue weighted by Gasteiger charge is 2.31. The molecule has 0 saturated heterocycles. The van der Waals surface area contributed by atoms with Crippen LogP contribution in [0, 0.1) is 5.92 Å². The first-order valence-electron chi connectivity index (χ1n) is 4.14. The van der Waals surface area contributed by atoms with Gasteiger partial charge in [0.25, 0.3) is 5.91 Å². The van der Waals surface area contributed by atoms with E-state index in [1.165, 1.54) is 0 Å². The molecule has 0 bridgehead atoms. The number of hydrazone groups is 1. The van der Waals surface area contributed by atoms with Gasteiger partial charge in [-0.25, -0.2) is 5.43 Å². The van der Waals surface area contributed by atoms with Crippen LogP contribution in [-0.2, 0) is 14.3 Å². The molecule has 13 heavy (non-hydrogen) atoms. The summed E-state index contributed by atoms with van der Waals surface area (Å²) in [7, 11) is 0. The molecule has 0 spiro atoms. The highest BCUT2D eigenvalue weighted by atomic mass is 16.5. The second kappa shape index (κ2) is 4.02. The van der Waals surface area contributed by atoms with Gasteiger partial charge in [0, 0.05) is 12.1 Å². The summed E-state index contributed by atoms with van der Waals surface area (Å²) in [4.78, 5) is 22.4. The number of nitrogens with zero attached hydrogens (tertiary/aromatic N) is 1. The van der Waals surface area contributed by atoms with Gasteiger partial charge in [-0.1, -0.05) is 0 Å². The molecule has 0 aromatic rings. The van der Waals surface area contributed by atoms with Crippen molar-refractivity contribution < 1.29 is 14.3 Å². The van der Waals surface area contributed by atoms with E-state index in [-0.39, 0.29) is 5.91 Å². The van der Waals surface area contributed by atoms with Gasteiger partial charge in [-0.2, -0.15) is 5.10 Å². The van der Waals surface area contributed by atoms with Crippen LogP contribution in [0.25, 0.3) is 0 Å². The average molecular weight is 184 g/mol. The summed E-state index contributed by atoms with van der Waals surface area (Å²) in [5.41, 5.74) is 3.00. The van der Waals surface area contributed by atoms with E-state index >= 15 is 0 Å². The summed E-state index contributed by atoms with van der Waals surface area (Å²) in [5.74, 6) is -1.59. The summed E-state index contributed by atoms with van der Waals surface area (Å²) in [6.45, 7) is 3.75. The fraction of sp³-hybridized carbons (Fsp3) is 0.625. The minimum absolute atomic E-state index is 0.290. The lowest BCUT2D eigenvalue weighted by atomic mass is 10.0. The molecule has 1 atom stereocenters. The highest BCUT2D eigenvalue weighted by Crippen LogP contribution is 2.11. The van der Waals surface area contributed by atoms with Crippen LogP contribution in [0.2, 0.25) is 0 Å². The molecule has 1 amide bonds. The standard InChI is InChI=1S/C8H12N2O3/c1-3-13-8(12)6-4-5(2)9-10-7(6)11/h6H,3-4H2,1-2H3,(H,10,11)/t6-/m1/s1. The first-order chi connectivity index (χ1) is 6.15. The van der Waals surface area contributed by atoms with Crippen molar-refractivity contribution >= 4 is 17.6 Å². The van der Waals surface area contributed by atoms with Crippen molar-refractivity contribution in [2.24, 2.45) is 11.0 Å². The third kappa shape index (κ3) is 2.27. The molecule has 1 aliphatic heterocycles. The van der Waals surface area contributed by atoms with Crippen molar-refractivity contribution in [1.29, 1.82) is 0 Å². The molecule has 1 N–H and O–H groups in total. The molecule has 0 unspecified atom stereocenters. The Hall–Kier alpha value is -1.39. The van der Waals surface area contributed by atoms with E-state index in [0.717, 1.165) is 5.71 Å². The van der Waals surface area contributed by atoms with Gasteiger partial charge < -0.3 is 4.74 Å². The SMILES string of the molecule is CCOC(=O)[C@@H]1CC(C)=NNC1=O. The quantitative estimate of drug-likeness (QED) is 0.487. The molecule has 0 saturated carbocycles. The fourth-order valence-corrected chi connectivity index (χ4v) is 1.10. The van der Waals surface area contributed by atoms with Crippen molar-refractivity contribution in [2.45, 2.75) is 20.3 Å². The number of nitrogens with one attached hydrogen (secondary N) is 1. The maximum absolute atomic E-state index is 11.2. The number of esters is 1. The minimum Gasteiger partial charge on any atom is -0.465 e. The number of amides is 1. The number of rotatable bonds is 2. The Bertz CT molecular complexity index is 260. The largest absolute Gasteiger partial charge is 0.465 e. The van der Waals surface area contributed by atoms with E-state index in [1.807, 2.05) is 0 Å². The lowest BCUT2D eigenvalue weighted by Crippen LogP contribution is -2.39. The molecule has 1 aliphatic rings. The number of ether oxygens (including phenoxy) is 1. The van der Waals surface area contributed by atoms with E-state index in [1.54, 1.807) is 13.8 Å². The van der Waals surface area contributed by atoms with Gasteiger partial charge in [0.2, 0.25) is 0 Å². The van der Waals surface area contributed by atoms with Crippen molar-refractivity contribution in [3.05, 3.63) is 0 Å². The number of carbonyl (C=O) groups excluding carboxylic acids is 2. The van der Waals surface area contributed by atoms with Crippen LogP contribution in [0.1, 0.15) is 20.3 Å². The predicted octanol–water partition coefficient (Wildman–Crippen LogP) is 0.0615. The maximum atomic E-state index is 11.2. The summed E-state index contributed by atoms with van der Waals surface area (Å²) in [6.07, 6.45) is 0.352. The van der Waals surface area contributed by atoms with E-state index < -0.39 is 11.9 Å². The molecule has 5 nitrogen and oxygen atoms in total. The van der Waals surface area contributed by atoms with Gasteiger partial charge in [-0.05, 0) is 13.8 Å². The Morgan fingerprint density at radius 1 is 1.77 bits per heavy atom. The van der Waals surface area contributed by atoms with Crippen LogP contribution < -0.4 is 5.43 Å². The third-order valence-corrected chi connectivity index (χ3v) is 1.74. The lowest BCUT2D eigenvalue weighted by molar-refractivity contribution is -0.152. The Morgan fingerprint density at radius 3 is 3.08 bits per heavy atom. The van der Waals surface area contributed by atoms with E-state index in [9.17, 15) is 9.59 Å². The maximum Gasteiger partial charge on any atom is 0.318 e. The Balaban J connectivity index is 2.64. The normalized spacial score (nSPS) is 21.8. The topological polar surface area (TPSA) is 67.8 Å². The Morgan fingerprint density at radius 2 is 2.46 bits per heavy atom. The first kappa shape index (κ1) is 9.70. The monoisotopic (exact) mass is 184 g/mol. The van der Waals surface area contributed by atoms with Crippen LogP contribution >= 0.6 is 0 Å². The molecule has 0 aliphatic carbocycles. The molecule has 0 aromatic heterocycles. The van der Waals surface area contributed by atoms with Gasteiger partial charge in [-0.15, -0.1) is 0 Å². The number of carbonyl (C=O) groups is 2. The third-order valence-electron chi connectivity index (χ3n) is 1.74. The second-order valence-electron chi connectivity index (χ2n) is 2.83. The fourth-order valence-electron chi connectivity index (χ4n) is 1.10. The Kier molecular flexibility index (Phi) is 3.00. The lowest BCUT2D eigenvalue weighted by Gasteiger charge is -2.17. The average Bonchev–Trinajstić information content (AvgIpc) is 2.09. The van der Waals surface area contributed by atoms with Crippen molar-refractivity contribution in [3.8, 4) is 0 Å². The van der Waals surface area contributed by atoms with Crippen LogP contribution in [0.15, 0.2) is 5.10 Å². The molecule has 0 aromatic carbocycles. The van der Waals surface area contributed by atoms with E-state index in [2.05, 4.69) is 10.5 Å². The molecular weight excluding hydrogens is 172 g/mol. The van der Waals surface area contributed by atoms with Gasteiger partial charge in [0.05, 0.1) is 6.61 Å². The molecule has 5 heteroatoms. The van der Waals surface area contributed by atoms with Crippen LogP contribution in [0.5, 0.6) is 0 Å². The van der Waals surface area contributed by atoms with E-state index in [4.69, 9.17) is 4.74 Å². The van der Waals surface area contributed by atoms with Gasteiger partial charge in [0.1, 0.15) is 5.92 Å². The summed E-state index contributed by atoms with van der Waals surface area (Å²) in [5, 5.41) is 3.71. The van der Waals surface area contributed by atoms with Gasteiger partial charge in [-0.3, -0.25) is 9.59 Å². The smallest absolute Gasteiger partial charge is 0.318 e. The molecule has 0 fully saturated rings. The summed E-state index contributed by atoms with van der Waals surface area (Å²) in [6, 6.07) is 0. The molecular formula is C8H12N2O3. The second-order valence-corrected chi connectivity index (χ2v) is 2.83. The number of hydrogen-bond acceptors (Lipinski definition) is 4. The van der Waals surface area contributed by atoms with Crippen LogP contribution in [0.3, 0.4) is 0 Å².